The first-order valence-electron chi connectivity index (χ1n) is 17.8. The molecule has 0 aromatic carbocycles. The van der Waals surface area contributed by atoms with E-state index in [-0.39, 0.29) is 12.6 Å². The molecule has 0 fully saturated rings. The summed E-state index contributed by atoms with van der Waals surface area (Å²) in [7, 11) is 0. The molecule has 4 heteroatoms. The highest BCUT2D eigenvalue weighted by Gasteiger charge is 2.13. The number of rotatable bonds is 33. The lowest BCUT2D eigenvalue weighted by Gasteiger charge is -2.15. The van der Waals surface area contributed by atoms with Crippen molar-refractivity contribution in [1.82, 2.24) is 0 Å². The zero-order valence-electron chi connectivity index (χ0n) is 27.1. The van der Waals surface area contributed by atoms with Crippen molar-refractivity contribution in [3.8, 4) is 0 Å². The van der Waals surface area contributed by atoms with E-state index in [4.69, 9.17) is 9.47 Å². The van der Waals surface area contributed by atoms with E-state index in [0.29, 0.717) is 19.6 Å². The van der Waals surface area contributed by atoms with Gasteiger partial charge >= 0.3 is 5.97 Å². The molecule has 0 aromatic rings. The normalized spacial score (nSPS) is 12.4. The summed E-state index contributed by atoms with van der Waals surface area (Å²) >= 11 is 0. The van der Waals surface area contributed by atoms with Crippen LogP contribution >= 0.6 is 0 Å². The highest BCUT2D eigenvalue weighted by molar-refractivity contribution is 5.69. The van der Waals surface area contributed by atoms with Crippen LogP contribution < -0.4 is 0 Å². The summed E-state index contributed by atoms with van der Waals surface area (Å²) < 4.78 is 11.1. The molecule has 0 saturated heterocycles. The minimum absolute atomic E-state index is 0.170. The first-order chi connectivity index (χ1) is 19.7. The van der Waals surface area contributed by atoms with Crippen LogP contribution in [-0.4, -0.2) is 37.0 Å². The fourth-order valence-electron chi connectivity index (χ4n) is 5.15. The highest BCUT2D eigenvalue weighted by Crippen LogP contribution is 2.13. The first-order valence-corrected chi connectivity index (χ1v) is 17.8. The molecular weight excluding hydrogens is 496 g/mol. The van der Waals surface area contributed by atoms with Crippen molar-refractivity contribution >= 4 is 5.97 Å². The van der Waals surface area contributed by atoms with Gasteiger partial charge < -0.3 is 14.6 Å². The Morgan fingerprint density at radius 1 is 0.575 bits per heavy atom. The van der Waals surface area contributed by atoms with Crippen molar-refractivity contribution in [3.05, 3.63) is 12.2 Å². The van der Waals surface area contributed by atoms with Gasteiger partial charge in [-0.3, -0.25) is 4.79 Å². The molecule has 0 aliphatic heterocycles. The average Bonchev–Trinajstić information content (AvgIpc) is 2.96. The number of aliphatic hydroxyl groups is 1. The molecule has 1 atom stereocenters. The number of ether oxygens (including phenoxy) is 2. The van der Waals surface area contributed by atoms with Crippen LogP contribution in [0.15, 0.2) is 12.2 Å². The van der Waals surface area contributed by atoms with Crippen molar-refractivity contribution in [2.24, 2.45) is 0 Å². The number of hydrogen-bond acceptors (Lipinski definition) is 4. The molecular formula is C36H70O4. The minimum Gasteiger partial charge on any atom is -0.457 e. The van der Waals surface area contributed by atoms with E-state index >= 15 is 0 Å². The molecule has 0 saturated carbocycles. The number of allylic oxidation sites excluding steroid dienone is 2. The second-order valence-corrected chi connectivity index (χ2v) is 11.9. The van der Waals surface area contributed by atoms with Gasteiger partial charge in [0, 0.05) is 13.0 Å². The summed E-state index contributed by atoms with van der Waals surface area (Å²) in [5.41, 5.74) is 0. The minimum atomic E-state index is -0.530. The van der Waals surface area contributed by atoms with E-state index in [1.165, 1.54) is 148 Å². The van der Waals surface area contributed by atoms with Crippen LogP contribution in [0.3, 0.4) is 0 Å². The SMILES string of the molecule is CCCCCCCC/C=C\CCCCCCCC(=O)OC(CO)COCCCCCCCCCCCCCCC. The largest absolute Gasteiger partial charge is 0.457 e. The van der Waals surface area contributed by atoms with Crippen LogP contribution in [0.1, 0.15) is 187 Å². The molecule has 40 heavy (non-hydrogen) atoms. The molecule has 0 aliphatic carbocycles. The molecule has 4 nitrogen and oxygen atoms in total. The standard InChI is InChI=1S/C36H70O4/c1-3-5-7-9-11-13-15-17-18-19-21-23-25-27-29-31-36(38)40-35(33-37)34-39-32-30-28-26-24-22-20-16-14-12-10-8-6-4-2/h17-18,35,37H,3-16,19-34H2,1-2H3/b18-17-. The summed E-state index contributed by atoms with van der Waals surface area (Å²) in [5, 5.41) is 9.53. The van der Waals surface area contributed by atoms with Gasteiger partial charge in [-0.15, -0.1) is 0 Å². The Morgan fingerprint density at radius 3 is 1.43 bits per heavy atom. The lowest BCUT2D eigenvalue weighted by molar-refractivity contribution is -0.154. The molecule has 238 valence electrons. The van der Waals surface area contributed by atoms with Crippen LogP contribution in [-0.2, 0) is 14.3 Å². The molecule has 0 rings (SSSR count). The highest BCUT2D eigenvalue weighted by atomic mass is 16.6. The number of hydrogen-bond donors (Lipinski definition) is 1. The number of esters is 1. The lowest BCUT2D eigenvalue weighted by Crippen LogP contribution is -2.27. The average molecular weight is 567 g/mol. The van der Waals surface area contributed by atoms with E-state index < -0.39 is 6.10 Å². The van der Waals surface area contributed by atoms with Gasteiger partial charge in [-0.25, -0.2) is 0 Å². The molecule has 0 aliphatic rings. The van der Waals surface area contributed by atoms with E-state index in [2.05, 4.69) is 26.0 Å². The Morgan fingerprint density at radius 2 is 0.975 bits per heavy atom. The number of unbranched alkanes of at least 4 members (excludes halogenated alkanes) is 23. The fraction of sp³-hybridized carbons (Fsp3) is 0.917. The molecule has 0 radical (unpaired) electrons. The van der Waals surface area contributed by atoms with Gasteiger partial charge in [0.1, 0.15) is 6.10 Å². The third-order valence-corrected chi connectivity index (χ3v) is 7.84. The third kappa shape index (κ3) is 31.7. The predicted molar refractivity (Wildman–Crippen MR) is 173 cm³/mol. The molecule has 0 amide bonds. The Labute approximate surface area is 250 Å². The third-order valence-electron chi connectivity index (χ3n) is 7.84. The van der Waals surface area contributed by atoms with E-state index in [1.807, 2.05) is 0 Å². The fourth-order valence-corrected chi connectivity index (χ4v) is 5.15. The molecule has 1 unspecified atom stereocenters. The monoisotopic (exact) mass is 567 g/mol. The Kier molecular flexibility index (Phi) is 33.6. The summed E-state index contributed by atoms with van der Waals surface area (Å²) in [6, 6.07) is 0. The Balaban J connectivity index is 3.43. The topological polar surface area (TPSA) is 55.8 Å². The van der Waals surface area contributed by atoms with Crippen molar-refractivity contribution in [3.63, 3.8) is 0 Å². The Hall–Kier alpha value is -0.870. The summed E-state index contributed by atoms with van der Waals surface area (Å²) in [6.45, 7) is 5.35. The first kappa shape index (κ1) is 39.1. The van der Waals surface area contributed by atoms with Gasteiger partial charge in [-0.2, -0.15) is 0 Å². The molecule has 0 heterocycles. The molecule has 0 aromatic heterocycles. The van der Waals surface area contributed by atoms with Gasteiger partial charge in [0.2, 0.25) is 0 Å². The van der Waals surface area contributed by atoms with E-state index in [9.17, 15) is 9.90 Å². The van der Waals surface area contributed by atoms with Crippen molar-refractivity contribution in [1.29, 1.82) is 0 Å². The Bertz CT molecular complexity index is 519. The molecule has 0 bridgehead atoms. The quantitative estimate of drug-likeness (QED) is 0.0487. The van der Waals surface area contributed by atoms with Crippen molar-refractivity contribution in [2.75, 3.05) is 19.8 Å². The van der Waals surface area contributed by atoms with Gasteiger partial charge in [-0.05, 0) is 38.5 Å². The maximum atomic E-state index is 12.1. The van der Waals surface area contributed by atoms with Crippen LogP contribution in [0.5, 0.6) is 0 Å². The predicted octanol–water partition coefficient (Wildman–Crippen LogP) is 11.0. The van der Waals surface area contributed by atoms with Crippen LogP contribution in [0.25, 0.3) is 0 Å². The smallest absolute Gasteiger partial charge is 0.306 e. The van der Waals surface area contributed by atoms with Crippen molar-refractivity contribution in [2.45, 2.75) is 193 Å². The van der Waals surface area contributed by atoms with Crippen LogP contribution in [0.2, 0.25) is 0 Å². The number of aliphatic hydroxyl groups excluding tert-OH is 1. The van der Waals surface area contributed by atoms with Gasteiger partial charge in [0.25, 0.3) is 0 Å². The summed E-state index contributed by atoms with van der Waals surface area (Å²) in [6.07, 6.45) is 38.1. The molecule has 1 N–H and O–H groups in total. The second kappa shape index (κ2) is 34.3. The lowest BCUT2D eigenvalue weighted by atomic mass is 10.0. The molecule has 0 spiro atoms. The second-order valence-electron chi connectivity index (χ2n) is 11.9. The zero-order chi connectivity index (χ0) is 29.2. The van der Waals surface area contributed by atoms with Gasteiger partial charge in [0.15, 0.2) is 0 Å². The maximum absolute atomic E-state index is 12.1. The van der Waals surface area contributed by atoms with Crippen LogP contribution in [0, 0.1) is 0 Å². The summed E-state index contributed by atoms with van der Waals surface area (Å²) in [4.78, 5) is 12.1. The van der Waals surface area contributed by atoms with Gasteiger partial charge in [-0.1, -0.05) is 154 Å². The zero-order valence-corrected chi connectivity index (χ0v) is 27.1. The van der Waals surface area contributed by atoms with Crippen molar-refractivity contribution < 1.29 is 19.4 Å². The number of carbonyl (C=O) groups is 1. The van der Waals surface area contributed by atoms with Gasteiger partial charge in [0.05, 0.1) is 13.2 Å². The number of carbonyl (C=O) groups excluding carboxylic acids is 1. The maximum Gasteiger partial charge on any atom is 0.306 e. The summed E-state index contributed by atoms with van der Waals surface area (Å²) in [5.74, 6) is -0.207. The van der Waals surface area contributed by atoms with Crippen LogP contribution in [0.4, 0.5) is 0 Å². The van der Waals surface area contributed by atoms with E-state index in [1.54, 1.807) is 0 Å². The van der Waals surface area contributed by atoms with E-state index in [0.717, 1.165) is 19.3 Å².